The number of anilines is 2. The first-order valence-electron chi connectivity index (χ1n) is 11.9. The highest BCUT2D eigenvalue weighted by molar-refractivity contribution is 9.10. The van der Waals surface area contributed by atoms with Gasteiger partial charge in [0.25, 0.3) is 11.8 Å². The van der Waals surface area contributed by atoms with Crippen molar-refractivity contribution in [2.24, 2.45) is 0 Å². The van der Waals surface area contributed by atoms with Crippen molar-refractivity contribution in [3.05, 3.63) is 128 Å². The Morgan fingerprint density at radius 1 is 0.775 bits per heavy atom. The number of benzene rings is 4. The summed E-state index contributed by atoms with van der Waals surface area (Å²) in [6, 6.07) is 27.9. The number of halogens is 3. The van der Waals surface area contributed by atoms with Crippen LogP contribution in [0, 0.1) is 0 Å². The van der Waals surface area contributed by atoms with Crippen molar-refractivity contribution in [1.82, 2.24) is 5.32 Å². The molecule has 202 valence electrons. The Bertz CT molecular complexity index is 1540. The van der Waals surface area contributed by atoms with Crippen LogP contribution in [0.2, 0.25) is 10.0 Å². The molecule has 0 bridgehead atoms. The number of hydrogen-bond acceptors (Lipinski definition) is 4. The zero-order chi connectivity index (χ0) is 28.5. The second-order valence-corrected chi connectivity index (χ2v) is 11.1. The molecular weight excluding hydrogens is 633 g/mol. The van der Waals surface area contributed by atoms with Crippen LogP contribution in [-0.2, 0) is 9.59 Å². The highest BCUT2D eigenvalue weighted by Gasteiger charge is 2.17. The lowest BCUT2D eigenvalue weighted by Crippen LogP contribution is -2.30. The molecule has 4 rings (SSSR count). The van der Waals surface area contributed by atoms with Gasteiger partial charge in [-0.2, -0.15) is 0 Å². The second kappa shape index (κ2) is 14.2. The van der Waals surface area contributed by atoms with E-state index in [9.17, 15) is 14.4 Å². The number of thioether (sulfide) groups is 1. The molecule has 40 heavy (non-hydrogen) atoms. The third kappa shape index (κ3) is 8.47. The van der Waals surface area contributed by atoms with Crippen molar-refractivity contribution < 1.29 is 14.4 Å². The molecule has 4 aromatic carbocycles. The maximum Gasteiger partial charge on any atom is 0.272 e. The molecule has 3 N–H and O–H groups in total. The highest BCUT2D eigenvalue weighted by Crippen LogP contribution is 2.27. The van der Waals surface area contributed by atoms with Gasteiger partial charge in [0, 0.05) is 41.9 Å². The Kier molecular flexibility index (Phi) is 10.4. The largest absolute Gasteiger partial charge is 0.325 e. The van der Waals surface area contributed by atoms with Crippen LogP contribution in [0.1, 0.15) is 15.9 Å². The van der Waals surface area contributed by atoms with Gasteiger partial charge in [-0.3, -0.25) is 14.4 Å². The van der Waals surface area contributed by atoms with E-state index in [4.69, 9.17) is 23.2 Å². The fourth-order valence-corrected chi connectivity index (χ4v) is 5.00. The van der Waals surface area contributed by atoms with Gasteiger partial charge in [0.1, 0.15) is 5.70 Å². The lowest BCUT2D eigenvalue weighted by Gasteiger charge is -2.13. The van der Waals surface area contributed by atoms with Crippen LogP contribution >= 0.6 is 50.9 Å². The number of carbonyl (C=O) groups excluding carboxylic acids is 3. The summed E-state index contributed by atoms with van der Waals surface area (Å²) < 4.78 is 0.923. The van der Waals surface area contributed by atoms with Crippen molar-refractivity contribution in [1.29, 1.82) is 0 Å². The first kappa shape index (κ1) is 29.4. The third-order valence-corrected chi connectivity index (χ3v) is 7.59. The van der Waals surface area contributed by atoms with E-state index in [2.05, 4.69) is 31.9 Å². The average molecular weight is 655 g/mol. The summed E-state index contributed by atoms with van der Waals surface area (Å²) in [5.74, 6) is -1.02. The van der Waals surface area contributed by atoms with Crippen LogP contribution in [0.15, 0.2) is 112 Å². The van der Waals surface area contributed by atoms with Gasteiger partial charge in [-0.05, 0) is 72.8 Å². The van der Waals surface area contributed by atoms with E-state index in [1.54, 1.807) is 78.9 Å². The van der Waals surface area contributed by atoms with Crippen molar-refractivity contribution in [3.63, 3.8) is 0 Å². The Morgan fingerprint density at radius 3 is 2.15 bits per heavy atom. The van der Waals surface area contributed by atoms with Gasteiger partial charge in [0.15, 0.2) is 0 Å². The van der Waals surface area contributed by atoms with E-state index in [1.807, 2.05) is 18.2 Å². The summed E-state index contributed by atoms with van der Waals surface area (Å²) >= 11 is 17.3. The third-order valence-electron chi connectivity index (χ3n) is 5.41. The van der Waals surface area contributed by atoms with Gasteiger partial charge in [0.2, 0.25) is 5.91 Å². The molecule has 0 unspecified atom stereocenters. The van der Waals surface area contributed by atoms with Crippen LogP contribution in [0.25, 0.3) is 6.08 Å². The molecule has 0 radical (unpaired) electrons. The number of carbonyl (C=O) groups is 3. The first-order valence-corrected chi connectivity index (χ1v) is 14.4. The maximum atomic E-state index is 13.4. The van der Waals surface area contributed by atoms with E-state index in [-0.39, 0.29) is 17.4 Å². The van der Waals surface area contributed by atoms with E-state index in [1.165, 1.54) is 17.8 Å². The zero-order valence-corrected chi connectivity index (χ0v) is 24.7. The van der Waals surface area contributed by atoms with E-state index in [0.717, 1.165) is 9.37 Å². The molecule has 0 atom stereocenters. The summed E-state index contributed by atoms with van der Waals surface area (Å²) in [5.41, 5.74) is 1.91. The topological polar surface area (TPSA) is 87.3 Å². The van der Waals surface area contributed by atoms with Crippen molar-refractivity contribution in [2.45, 2.75) is 4.90 Å². The summed E-state index contributed by atoms with van der Waals surface area (Å²) in [6.07, 6.45) is 1.44. The van der Waals surface area contributed by atoms with Crippen LogP contribution < -0.4 is 16.0 Å². The maximum absolute atomic E-state index is 13.4. The van der Waals surface area contributed by atoms with Gasteiger partial charge in [-0.25, -0.2) is 0 Å². The fraction of sp³-hybridized carbons (Fsp3) is 0.0333. The average Bonchev–Trinajstić information content (AvgIpc) is 2.95. The van der Waals surface area contributed by atoms with E-state index < -0.39 is 11.8 Å². The van der Waals surface area contributed by atoms with E-state index in [0.29, 0.717) is 32.5 Å². The lowest BCUT2D eigenvalue weighted by atomic mass is 10.1. The molecule has 0 saturated carbocycles. The number of amides is 3. The minimum atomic E-state index is -0.574. The molecule has 0 aliphatic carbocycles. The predicted molar refractivity (Wildman–Crippen MR) is 167 cm³/mol. The minimum Gasteiger partial charge on any atom is -0.325 e. The standard InChI is InChI=1S/C30H22BrCl2N3O3S/c31-20-12-14-21(15-13-20)34-28(37)18-40-23-9-4-8-22(16-23)35-30(39)27(17-24-25(32)10-5-11-26(24)33)36-29(38)19-6-2-1-3-7-19/h1-17H,18H2,(H,34,37)(H,35,39)(H,36,38)/b27-17+. The normalized spacial score (nSPS) is 11.0. The molecule has 0 aromatic heterocycles. The summed E-state index contributed by atoms with van der Waals surface area (Å²) in [6.45, 7) is 0. The summed E-state index contributed by atoms with van der Waals surface area (Å²) in [4.78, 5) is 39.4. The summed E-state index contributed by atoms with van der Waals surface area (Å²) in [7, 11) is 0. The van der Waals surface area contributed by atoms with Gasteiger partial charge in [-0.1, -0.05) is 69.5 Å². The van der Waals surface area contributed by atoms with Crippen LogP contribution in [-0.4, -0.2) is 23.5 Å². The molecule has 0 aliphatic heterocycles. The first-order chi connectivity index (χ1) is 19.3. The van der Waals surface area contributed by atoms with Crippen molar-refractivity contribution in [3.8, 4) is 0 Å². The minimum absolute atomic E-state index is 0.0456. The molecular formula is C30H22BrCl2N3O3S. The summed E-state index contributed by atoms with van der Waals surface area (Å²) in [5, 5.41) is 8.97. The molecule has 4 aromatic rings. The zero-order valence-electron chi connectivity index (χ0n) is 20.8. The lowest BCUT2D eigenvalue weighted by molar-refractivity contribution is -0.114. The quantitative estimate of drug-likeness (QED) is 0.127. The Morgan fingerprint density at radius 2 is 1.45 bits per heavy atom. The number of nitrogens with one attached hydrogen (secondary N) is 3. The molecule has 0 spiro atoms. The van der Waals surface area contributed by atoms with Gasteiger partial charge in [0.05, 0.1) is 5.75 Å². The Balaban J connectivity index is 1.48. The number of rotatable bonds is 9. The smallest absolute Gasteiger partial charge is 0.272 e. The predicted octanol–water partition coefficient (Wildman–Crippen LogP) is 7.90. The van der Waals surface area contributed by atoms with Gasteiger partial charge < -0.3 is 16.0 Å². The molecule has 10 heteroatoms. The second-order valence-electron chi connectivity index (χ2n) is 8.34. The van der Waals surface area contributed by atoms with Gasteiger partial charge >= 0.3 is 0 Å². The molecule has 6 nitrogen and oxygen atoms in total. The Labute approximate surface area is 254 Å². The van der Waals surface area contributed by atoms with Crippen molar-refractivity contribution in [2.75, 3.05) is 16.4 Å². The van der Waals surface area contributed by atoms with Crippen LogP contribution in [0.4, 0.5) is 11.4 Å². The SMILES string of the molecule is O=C(CSc1cccc(NC(=O)/C(=C\c2c(Cl)cccc2Cl)NC(=O)c2ccccc2)c1)Nc1ccc(Br)cc1. The monoisotopic (exact) mass is 653 g/mol. The fourth-order valence-electron chi connectivity index (χ4n) is 3.48. The van der Waals surface area contributed by atoms with Crippen LogP contribution in [0.5, 0.6) is 0 Å². The van der Waals surface area contributed by atoms with E-state index >= 15 is 0 Å². The molecule has 0 aliphatic rings. The molecule has 0 heterocycles. The molecule has 3 amide bonds. The van der Waals surface area contributed by atoms with Gasteiger partial charge in [-0.15, -0.1) is 11.8 Å². The Hall–Kier alpha value is -3.56. The molecule has 0 fully saturated rings. The molecule has 0 saturated heterocycles. The number of hydrogen-bond donors (Lipinski definition) is 3. The highest BCUT2D eigenvalue weighted by atomic mass is 79.9. The van der Waals surface area contributed by atoms with Crippen LogP contribution in [0.3, 0.4) is 0 Å². The van der Waals surface area contributed by atoms with Crippen molar-refractivity contribution >= 4 is 86.1 Å².